The molecule has 0 atom stereocenters. The molecule has 0 fully saturated rings. The Balaban J connectivity index is 0.000000109. The fourth-order valence-electron chi connectivity index (χ4n) is 10.9. The zero-order valence-corrected chi connectivity index (χ0v) is 51.2. The van der Waals surface area contributed by atoms with Crippen LogP contribution < -0.4 is 18.9 Å². The van der Waals surface area contributed by atoms with Gasteiger partial charge in [0.2, 0.25) is 0 Å². The number of rotatable bonds is 3. The Hall–Kier alpha value is -7.19. The van der Waals surface area contributed by atoms with Crippen molar-refractivity contribution in [2.45, 2.75) is 6.42 Å². The molecule has 0 amide bonds. The molecule has 16 rings (SSSR count). The number of nitrogens with zero attached hydrogens (tertiary/aromatic N) is 3. The van der Waals surface area contributed by atoms with Crippen LogP contribution in [0.4, 0.5) is 0 Å². The van der Waals surface area contributed by atoms with E-state index in [2.05, 4.69) is 351 Å². The molecule has 0 spiro atoms. The normalized spacial score (nSPS) is 11.1. The molecule has 12 aromatic carbocycles. The SMILES string of the molecule is Brc1cccc(-n2c3ccccc3c3ccccc32)c1.Brc1cccc(-n2c3ccccc3c3ccccc32)c1.Brc1cccc(I)c1.[Li+].[c-]1cccc(-n2c3ccccc3c3ccccc32)c1.c1ccc2c(c1)Cc1ccccc1-2. The van der Waals surface area contributed by atoms with Gasteiger partial charge in [0.15, 0.2) is 0 Å². The van der Waals surface area contributed by atoms with Crippen LogP contribution in [0.5, 0.6) is 0 Å². The maximum absolute atomic E-state index is 3.56. The maximum atomic E-state index is 3.56. The van der Waals surface area contributed by atoms with Gasteiger partial charge in [-0.1, -0.05) is 229 Å². The Morgan fingerprint density at radius 2 is 0.617 bits per heavy atom. The van der Waals surface area contributed by atoms with Gasteiger partial charge >= 0.3 is 18.9 Å². The van der Waals surface area contributed by atoms with Crippen LogP contribution in [-0.4, -0.2) is 13.7 Å². The van der Waals surface area contributed by atoms with Crippen molar-refractivity contribution in [3.05, 3.63) is 325 Å². The van der Waals surface area contributed by atoms with Crippen LogP contribution in [0.25, 0.3) is 93.6 Å². The Kier molecular flexibility index (Phi) is 17.7. The van der Waals surface area contributed by atoms with Crippen LogP contribution in [0.15, 0.2) is 305 Å². The third-order valence-electron chi connectivity index (χ3n) is 14.3. The van der Waals surface area contributed by atoms with E-state index in [-0.39, 0.29) is 18.9 Å². The second-order valence-electron chi connectivity index (χ2n) is 19.3. The van der Waals surface area contributed by atoms with Gasteiger partial charge in [0, 0.05) is 71.7 Å². The molecule has 3 heterocycles. The van der Waals surface area contributed by atoms with E-state index in [1.54, 1.807) is 0 Å². The van der Waals surface area contributed by atoms with E-state index in [9.17, 15) is 0 Å². The van der Waals surface area contributed by atoms with E-state index in [1.165, 1.54) is 103 Å². The van der Waals surface area contributed by atoms with Gasteiger partial charge in [0.05, 0.1) is 22.1 Å². The second kappa shape index (κ2) is 25.7. The average molecular weight is 1340 g/mol. The largest absolute Gasteiger partial charge is 1.00 e. The minimum Gasteiger partial charge on any atom is -0.364 e. The number of para-hydroxylation sites is 6. The quantitative estimate of drug-likeness (QED) is 0.0951. The Morgan fingerprint density at radius 3 is 0.938 bits per heavy atom. The molecule has 1 aliphatic carbocycles. The van der Waals surface area contributed by atoms with E-state index in [0.717, 1.165) is 25.5 Å². The van der Waals surface area contributed by atoms with Gasteiger partial charge in [-0.25, -0.2) is 0 Å². The smallest absolute Gasteiger partial charge is 0.364 e. The zero-order valence-electron chi connectivity index (χ0n) is 44.3. The molecular weight excluding hydrogens is 1290 g/mol. The third kappa shape index (κ3) is 11.9. The van der Waals surface area contributed by atoms with Crippen LogP contribution in [-0.2, 0) is 6.42 Å². The topological polar surface area (TPSA) is 14.8 Å². The van der Waals surface area contributed by atoms with Crippen molar-refractivity contribution in [3.63, 3.8) is 0 Å². The summed E-state index contributed by atoms with van der Waals surface area (Å²) in [4.78, 5) is 0. The standard InChI is InChI=1S/2C18H12BrN.C18H12N.C13H10.C6H4BrI.Li/c2*19-13-6-5-7-14(12-13)20-17-10-3-1-8-15(17)16-9-2-4-11-18(16)20;1-2-8-14(9-3-1)19-17-12-6-4-10-15(17)16-11-5-7-13-18(16)19;1-3-7-12-10(5-1)9-11-6-2-4-8-13(11)12;7-5-2-1-3-6(8)4-5;/h2*1-12H;1-2,4-13H;1-8H,9H2;1-4H;/q;;-1;;;+1. The zero-order chi connectivity index (χ0) is 54.4. The van der Waals surface area contributed by atoms with Crippen LogP contribution in [0.3, 0.4) is 0 Å². The number of hydrogen-bond donors (Lipinski definition) is 0. The first-order chi connectivity index (χ1) is 39.4. The molecule has 0 aliphatic heterocycles. The van der Waals surface area contributed by atoms with Crippen LogP contribution in [0.2, 0.25) is 0 Å². The summed E-state index contributed by atoms with van der Waals surface area (Å²) in [6, 6.07) is 105. The van der Waals surface area contributed by atoms with E-state index < -0.39 is 0 Å². The van der Waals surface area contributed by atoms with Crippen molar-refractivity contribution in [2.24, 2.45) is 0 Å². The van der Waals surface area contributed by atoms with Gasteiger partial charge in [-0.15, -0.1) is 6.07 Å². The van der Waals surface area contributed by atoms with Crippen molar-refractivity contribution in [2.75, 3.05) is 0 Å². The molecular formula is C73H50Br3ILiN3. The average Bonchev–Trinajstić information content (AvgIpc) is 4.46. The van der Waals surface area contributed by atoms with Crippen LogP contribution >= 0.6 is 70.4 Å². The Labute approximate surface area is 523 Å². The fourth-order valence-corrected chi connectivity index (χ4v) is 13.0. The van der Waals surface area contributed by atoms with Crippen molar-refractivity contribution < 1.29 is 18.9 Å². The van der Waals surface area contributed by atoms with Crippen LogP contribution in [0.1, 0.15) is 11.1 Å². The Morgan fingerprint density at radius 1 is 0.309 bits per heavy atom. The first-order valence-corrected chi connectivity index (χ1v) is 29.8. The van der Waals surface area contributed by atoms with E-state index in [4.69, 9.17) is 0 Å². The van der Waals surface area contributed by atoms with Crippen molar-refractivity contribution in [1.82, 2.24) is 13.7 Å². The Bertz CT molecular complexity index is 4280. The third-order valence-corrected chi connectivity index (χ3v) is 16.5. The van der Waals surface area contributed by atoms with E-state index in [0.29, 0.717) is 0 Å². The first-order valence-electron chi connectivity index (χ1n) is 26.4. The maximum Gasteiger partial charge on any atom is 1.00 e. The number of aromatic nitrogens is 3. The molecule has 3 aromatic heterocycles. The predicted molar refractivity (Wildman–Crippen MR) is 358 cm³/mol. The summed E-state index contributed by atoms with van der Waals surface area (Å²) in [5.74, 6) is 0. The number of halogens is 4. The molecule has 0 N–H and O–H groups in total. The van der Waals surface area contributed by atoms with E-state index >= 15 is 0 Å². The van der Waals surface area contributed by atoms with Crippen molar-refractivity contribution >= 4 is 136 Å². The van der Waals surface area contributed by atoms with Gasteiger partial charge in [0.25, 0.3) is 0 Å². The summed E-state index contributed by atoms with van der Waals surface area (Å²) in [6.07, 6.45) is 1.10. The molecule has 15 aromatic rings. The summed E-state index contributed by atoms with van der Waals surface area (Å²) in [5, 5.41) is 7.77. The second-order valence-corrected chi connectivity index (χ2v) is 23.3. The van der Waals surface area contributed by atoms with Gasteiger partial charge < -0.3 is 13.7 Å². The number of hydrogen-bond acceptors (Lipinski definition) is 0. The molecule has 8 heteroatoms. The molecule has 0 bridgehead atoms. The summed E-state index contributed by atoms with van der Waals surface area (Å²) in [7, 11) is 0. The minimum atomic E-state index is 0. The molecule has 3 nitrogen and oxygen atoms in total. The molecule has 0 radical (unpaired) electrons. The van der Waals surface area contributed by atoms with Crippen LogP contribution in [0, 0.1) is 9.64 Å². The summed E-state index contributed by atoms with van der Waals surface area (Å²) in [5.41, 5.74) is 16.7. The molecule has 0 saturated heterocycles. The number of fused-ring (bicyclic) bond motifs is 12. The summed E-state index contributed by atoms with van der Waals surface area (Å²) in [6.45, 7) is 0. The monoisotopic (exact) mass is 1340 g/mol. The van der Waals surface area contributed by atoms with Gasteiger partial charge in [-0.05, 0) is 142 Å². The van der Waals surface area contributed by atoms with E-state index in [1.807, 2.05) is 30.3 Å². The van der Waals surface area contributed by atoms with Crippen molar-refractivity contribution in [1.29, 1.82) is 0 Å². The van der Waals surface area contributed by atoms with Gasteiger partial charge in [-0.2, -0.15) is 24.3 Å². The van der Waals surface area contributed by atoms with Gasteiger partial charge in [-0.3, -0.25) is 0 Å². The molecule has 81 heavy (non-hydrogen) atoms. The first kappa shape index (κ1) is 55.7. The molecule has 0 saturated carbocycles. The number of benzene rings is 12. The molecule has 1 aliphatic rings. The predicted octanol–water partition coefficient (Wildman–Crippen LogP) is 19.0. The molecule has 386 valence electrons. The van der Waals surface area contributed by atoms with Crippen molar-refractivity contribution in [3.8, 4) is 28.2 Å². The fraction of sp³-hybridized carbons (Fsp3) is 0.0137. The summed E-state index contributed by atoms with van der Waals surface area (Å²) < 4.78 is 11.5. The minimum absolute atomic E-state index is 0. The molecule has 0 unspecified atom stereocenters. The summed E-state index contributed by atoms with van der Waals surface area (Å²) >= 11 is 12.8. The van der Waals surface area contributed by atoms with Gasteiger partial charge in [0.1, 0.15) is 0 Å².